The van der Waals surface area contributed by atoms with Crippen molar-refractivity contribution in [1.29, 1.82) is 0 Å². The number of carbonyl (C=O) groups is 2. The maximum Gasteiger partial charge on any atom is 0.387 e. The highest BCUT2D eigenvalue weighted by atomic mass is 19.3. The largest absolute Gasteiger partial charge is 0.459 e. The SMILES string of the molecule is CN(CC(=O)OC(C)(C)C)C1CCN(C(=O)c2ccc(OC(F)F)cc2)CC1. The molecule has 1 saturated heterocycles. The predicted octanol–water partition coefficient (Wildman–Crippen LogP) is 3.17. The molecule has 1 fully saturated rings. The molecule has 0 N–H and O–H groups in total. The van der Waals surface area contributed by atoms with Gasteiger partial charge in [0.25, 0.3) is 5.91 Å². The van der Waals surface area contributed by atoms with Crippen molar-refractivity contribution in [3.05, 3.63) is 29.8 Å². The molecule has 0 radical (unpaired) electrons. The highest BCUT2D eigenvalue weighted by molar-refractivity contribution is 5.94. The number of carbonyl (C=O) groups excluding carboxylic acids is 2. The average Bonchev–Trinajstić information content (AvgIpc) is 2.59. The van der Waals surface area contributed by atoms with Gasteiger partial charge >= 0.3 is 12.6 Å². The van der Waals surface area contributed by atoms with E-state index in [1.807, 2.05) is 32.7 Å². The minimum atomic E-state index is -2.89. The lowest BCUT2D eigenvalue weighted by Crippen LogP contribution is -2.47. The zero-order valence-electron chi connectivity index (χ0n) is 16.8. The number of hydrogen-bond donors (Lipinski definition) is 0. The number of halogens is 2. The van der Waals surface area contributed by atoms with Crippen LogP contribution in [0.4, 0.5) is 8.78 Å². The van der Waals surface area contributed by atoms with Crippen molar-refractivity contribution in [2.45, 2.75) is 51.9 Å². The number of nitrogens with zero attached hydrogens (tertiary/aromatic N) is 2. The second-order valence-corrected chi connectivity index (χ2v) is 7.93. The van der Waals surface area contributed by atoms with Crippen LogP contribution in [-0.2, 0) is 9.53 Å². The van der Waals surface area contributed by atoms with Crippen molar-refractivity contribution >= 4 is 11.9 Å². The number of piperidine rings is 1. The van der Waals surface area contributed by atoms with Crippen molar-refractivity contribution in [3.8, 4) is 5.75 Å². The summed E-state index contributed by atoms with van der Waals surface area (Å²) in [6.07, 6.45) is 1.50. The molecule has 2 rings (SSSR count). The number of benzene rings is 1. The van der Waals surface area contributed by atoms with Gasteiger partial charge in [0.2, 0.25) is 0 Å². The van der Waals surface area contributed by atoms with Crippen LogP contribution in [0.25, 0.3) is 0 Å². The molecule has 1 amide bonds. The summed E-state index contributed by atoms with van der Waals surface area (Å²) < 4.78 is 34.0. The Balaban J connectivity index is 1.84. The first-order valence-electron chi connectivity index (χ1n) is 9.31. The number of rotatable bonds is 6. The van der Waals surface area contributed by atoms with E-state index in [-0.39, 0.29) is 30.2 Å². The fourth-order valence-electron chi connectivity index (χ4n) is 3.18. The van der Waals surface area contributed by atoms with Crippen molar-refractivity contribution < 1.29 is 27.8 Å². The molecule has 0 unspecified atom stereocenters. The van der Waals surface area contributed by atoms with Gasteiger partial charge in [0, 0.05) is 24.7 Å². The van der Waals surface area contributed by atoms with Gasteiger partial charge in [-0.25, -0.2) is 0 Å². The van der Waals surface area contributed by atoms with Crippen molar-refractivity contribution in [2.75, 3.05) is 26.7 Å². The molecule has 0 aliphatic carbocycles. The maximum absolute atomic E-state index is 12.6. The lowest BCUT2D eigenvalue weighted by atomic mass is 10.0. The molecule has 1 heterocycles. The minimum Gasteiger partial charge on any atom is -0.459 e. The Morgan fingerprint density at radius 2 is 1.75 bits per heavy atom. The Hall–Kier alpha value is -2.22. The summed E-state index contributed by atoms with van der Waals surface area (Å²) in [4.78, 5) is 28.3. The molecule has 8 heteroatoms. The van der Waals surface area contributed by atoms with Crippen molar-refractivity contribution in [3.63, 3.8) is 0 Å². The van der Waals surface area contributed by atoms with E-state index in [2.05, 4.69) is 4.74 Å². The molecule has 6 nitrogen and oxygen atoms in total. The molecular weight excluding hydrogens is 370 g/mol. The molecule has 156 valence electrons. The molecule has 1 aliphatic rings. The standard InChI is InChI=1S/C20H28F2N2O4/c1-20(2,3)28-17(25)13-23(4)15-9-11-24(12-10-15)18(26)14-5-7-16(8-6-14)27-19(21)22/h5-8,15,19H,9-13H2,1-4H3. The zero-order chi connectivity index (χ0) is 20.9. The van der Waals surface area contributed by atoms with Gasteiger partial charge in [0.05, 0.1) is 6.54 Å². The Bertz CT molecular complexity index is 666. The number of ether oxygens (including phenoxy) is 2. The van der Waals surface area contributed by atoms with Gasteiger partial charge in [-0.05, 0) is 64.9 Å². The molecule has 1 aliphatic heterocycles. The number of amides is 1. The third-order valence-electron chi connectivity index (χ3n) is 4.50. The van der Waals surface area contributed by atoms with Crippen LogP contribution in [0.3, 0.4) is 0 Å². The molecule has 1 aromatic rings. The van der Waals surface area contributed by atoms with E-state index in [9.17, 15) is 18.4 Å². The normalized spacial score (nSPS) is 15.8. The van der Waals surface area contributed by atoms with Gasteiger partial charge < -0.3 is 14.4 Å². The van der Waals surface area contributed by atoms with Crippen molar-refractivity contribution in [2.24, 2.45) is 0 Å². The first kappa shape index (κ1) is 22.1. The Labute approximate surface area is 164 Å². The van der Waals surface area contributed by atoms with Crippen LogP contribution < -0.4 is 4.74 Å². The average molecular weight is 398 g/mol. The topological polar surface area (TPSA) is 59.1 Å². The van der Waals surface area contributed by atoms with Gasteiger partial charge in [-0.1, -0.05) is 0 Å². The Morgan fingerprint density at radius 1 is 1.18 bits per heavy atom. The second kappa shape index (κ2) is 9.32. The van der Waals surface area contributed by atoms with Crippen molar-refractivity contribution in [1.82, 2.24) is 9.80 Å². The summed E-state index contributed by atoms with van der Waals surface area (Å²) in [6.45, 7) is 3.96. The summed E-state index contributed by atoms with van der Waals surface area (Å²) in [5.74, 6) is -0.384. The monoisotopic (exact) mass is 398 g/mol. The minimum absolute atomic E-state index is 0.0222. The van der Waals surface area contributed by atoms with Gasteiger partial charge in [-0.3, -0.25) is 14.5 Å². The first-order chi connectivity index (χ1) is 13.0. The molecule has 0 atom stereocenters. The predicted molar refractivity (Wildman–Crippen MR) is 100 cm³/mol. The molecule has 1 aromatic carbocycles. The molecule has 0 saturated carbocycles. The van der Waals surface area contributed by atoms with E-state index < -0.39 is 12.2 Å². The van der Waals surface area contributed by atoms with Crippen LogP contribution >= 0.6 is 0 Å². The molecule has 28 heavy (non-hydrogen) atoms. The van der Waals surface area contributed by atoms with Crippen LogP contribution in [0.15, 0.2) is 24.3 Å². The third kappa shape index (κ3) is 6.74. The fourth-order valence-corrected chi connectivity index (χ4v) is 3.18. The molecule has 0 aromatic heterocycles. The summed E-state index contributed by atoms with van der Waals surface area (Å²) in [6, 6.07) is 5.89. The molecule has 0 spiro atoms. The van der Waals surface area contributed by atoms with Crippen LogP contribution in [0.2, 0.25) is 0 Å². The van der Waals surface area contributed by atoms with Gasteiger partial charge in [-0.2, -0.15) is 8.78 Å². The first-order valence-corrected chi connectivity index (χ1v) is 9.31. The number of hydrogen-bond acceptors (Lipinski definition) is 5. The van der Waals surface area contributed by atoms with E-state index in [1.54, 1.807) is 4.90 Å². The number of likely N-dealkylation sites (N-methyl/N-ethyl adjacent to an activating group) is 1. The smallest absolute Gasteiger partial charge is 0.387 e. The fraction of sp³-hybridized carbons (Fsp3) is 0.600. The van der Waals surface area contributed by atoms with E-state index in [1.165, 1.54) is 24.3 Å². The third-order valence-corrected chi connectivity index (χ3v) is 4.50. The van der Waals surface area contributed by atoms with Crippen LogP contribution in [0.5, 0.6) is 5.75 Å². The summed E-state index contributed by atoms with van der Waals surface area (Å²) in [5, 5.41) is 0. The van der Waals surface area contributed by atoms with Crippen LogP contribution in [-0.4, -0.2) is 66.6 Å². The number of likely N-dealkylation sites (tertiary alicyclic amines) is 1. The second-order valence-electron chi connectivity index (χ2n) is 7.93. The van der Waals surface area contributed by atoms with E-state index in [0.717, 1.165) is 12.8 Å². The Morgan fingerprint density at radius 3 is 2.25 bits per heavy atom. The summed E-state index contributed by atoms with van der Waals surface area (Å²) in [7, 11) is 1.88. The highest BCUT2D eigenvalue weighted by Gasteiger charge is 2.28. The van der Waals surface area contributed by atoms with E-state index >= 15 is 0 Å². The number of esters is 1. The quantitative estimate of drug-likeness (QED) is 0.689. The lowest BCUT2D eigenvalue weighted by Gasteiger charge is -2.36. The molecule has 0 bridgehead atoms. The van der Waals surface area contributed by atoms with Gasteiger partial charge in [0.1, 0.15) is 11.4 Å². The summed E-state index contributed by atoms with van der Waals surface area (Å²) >= 11 is 0. The Kier molecular flexibility index (Phi) is 7.35. The van der Waals surface area contributed by atoms with Crippen LogP contribution in [0, 0.1) is 0 Å². The summed E-state index contributed by atoms with van der Waals surface area (Å²) in [5.41, 5.74) is -0.0777. The highest BCUT2D eigenvalue weighted by Crippen LogP contribution is 2.20. The van der Waals surface area contributed by atoms with E-state index in [0.29, 0.717) is 18.7 Å². The van der Waals surface area contributed by atoms with Gasteiger partial charge in [0.15, 0.2) is 0 Å². The lowest BCUT2D eigenvalue weighted by molar-refractivity contribution is -0.156. The van der Waals surface area contributed by atoms with Gasteiger partial charge in [-0.15, -0.1) is 0 Å². The van der Waals surface area contributed by atoms with E-state index in [4.69, 9.17) is 4.74 Å². The zero-order valence-corrected chi connectivity index (χ0v) is 16.8. The molecular formula is C20H28F2N2O4. The number of alkyl halides is 2. The van der Waals surface area contributed by atoms with Crippen LogP contribution in [0.1, 0.15) is 44.0 Å². The maximum atomic E-state index is 12.6.